The Labute approximate surface area is 116 Å². The van der Waals surface area contributed by atoms with Crippen LogP contribution in [0.3, 0.4) is 0 Å². The fourth-order valence-electron chi connectivity index (χ4n) is 2.19. The molecule has 0 spiro atoms. The Bertz CT molecular complexity index is 441. The first-order chi connectivity index (χ1) is 9.33. The van der Waals surface area contributed by atoms with Gasteiger partial charge in [0.2, 0.25) is 0 Å². The SMILES string of the molecule is CC(C)c1nccc(NCC2CN(CC(F)(F)F)C2)n1. The van der Waals surface area contributed by atoms with Crippen molar-refractivity contribution in [1.29, 1.82) is 0 Å². The Kier molecular flexibility index (Phi) is 4.47. The van der Waals surface area contributed by atoms with Crippen LogP contribution in [0.4, 0.5) is 19.0 Å². The third-order valence-electron chi connectivity index (χ3n) is 3.20. The van der Waals surface area contributed by atoms with Gasteiger partial charge in [-0.25, -0.2) is 9.97 Å². The van der Waals surface area contributed by atoms with Crippen LogP contribution < -0.4 is 5.32 Å². The van der Waals surface area contributed by atoms with E-state index in [9.17, 15) is 13.2 Å². The highest BCUT2D eigenvalue weighted by Crippen LogP contribution is 2.23. The van der Waals surface area contributed by atoms with E-state index < -0.39 is 12.7 Å². The number of rotatable bonds is 5. The van der Waals surface area contributed by atoms with E-state index in [1.807, 2.05) is 13.8 Å². The molecule has 0 bridgehead atoms. The van der Waals surface area contributed by atoms with Crippen molar-refractivity contribution in [3.63, 3.8) is 0 Å². The molecule has 0 radical (unpaired) electrons. The van der Waals surface area contributed by atoms with Crippen molar-refractivity contribution in [3.05, 3.63) is 18.1 Å². The fraction of sp³-hybridized carbons (Fsp3) is 0.692. The summed E-state index contributed by atoms with van der Waals surface area (Å²) in [6, 6.07) is 1.78. The first kappa shape index (κ1) is 15.0. The summed E-state index contributed by atoms with van der Waals surface area (Å²) in [4.78, 5) is 9.94. The van der Waals surface area contributed by atoms with Crippen LogP contribution in [-0.2, 0) is 0 Å². The highest BCUT2D eigenvalue weighted by atomic mass is 19.4. The van der Waals surface area contributed by atoms with Crippen LogP contribution in [0.25, 0.3) is 0 Å². The largest absolute Gasteiger partial charge is 0.401 e. The zero-order valence-corrected chi connectivity index (χ0v) is 11.6. The number of anilines is 1. The monoisotopic (exact) mass is 288 g/mol. The summed E-state index contributed by atoms with van der Waals surface area (Å²) in [6.45, 7) is 4.82. The smallest absolute Gasteiger partial charge is 0.370 e. The molecule has 1 aliphatic heterocycles. The van der Waals surface area contributed by atoms with E-state index in [1.54, 1.807) is 12.3 Å². The van der Waals surface area contributed by atoms with E-state index in [0.29, 0.717) is 19.6 Å². The van der Waals surface area contributed by atoms with Crippen LogP contribution in [0.15, 0.2) is 12.3 Å². The Balaban J connectivity index is 1.74. The second-order valence-electron chi connectivity index (χ2n) is 5.51. The maximum Gasteiger partial charge on any atom is 0.401 e. The molecule has 0 aromatic carbocycles. The Hall–Kier alpha value is -1.37. The van der Waals surface area contributed by atoms with Crippen LogP contribution in [-0.4, -0.2) is 47.2 Å². The molecule has 1 fully saturated rings. The fourth-order valence-corrected chi connectivity index (χ4v) is 2.19. The van der Waals surface area contributed by atoms with Crippen molar-refractivity contribution in [2.24, 2.45) is 5.92 Å². The van der Waals surface area contributed by atoms with E-state index in [1.165, 1.54) is 4.90 Å². The normalized spacial score (nSPS) is 17.3. The van der Waals surface area contributed by atoms with Crippen LogP contribution in [0.5, 0.6) is 0 Å². The van der Waals surface area contributed by atoms with Crippen LogP contribution in [0, 0.1) is 5.92 Å². The highest BCUT2D eigenvalue weighted by molar-refractivity contribution is 5.33. The third-order valence-corrected chi connectivity index (χ3v) is 3.20. The highest BCUT2D eigenvalue weighted by Gasteiger charge is 2.36. The van der Waals surface area contributed by atoms with E-state index >= 15 is 0 Å². The molecule has 0 unspecified atom stereocenters. The summed E-state index contributed by atoms with van der Waals surface area (Å²) in [7, 11) is 0. The Morgan fingerprint density at radius 1 is 1.40 bits per heavy atom. The minimum Gasteiger partial charge on any atom is -0.370 e. The van der Waals surface area contributed by atoms with Crippen LogP contribution in [0.2, 0.25) is 0 Å². The van der Waals surface area contributed by atoms with Crippen molar-refractivity contribution < 1.29 is 13.2 Å². The maximum atomic E-state index is 12.2. The molecule has 4 nitrogen and oxygen atoms in total. The van der Waals surface area contributed by atoms with Gasteiger partial charge in [0, 0.05) is 37.7 Å². The summed E-state index contributed by atoms with van der Waals surface area (Å²) in [5.74, 6) is 2.00. The summed E-state index contributed by atoms with van der Waals surface area (Å²) >= 11 is 0. The van der Waals surface area contributed by atoms with Gasteiger partial charge < -0.3 is 5.32 Å². The zero-order valence-electron chi connectivity index (χ0n) is 11.6. The molecule has 0 amide bonds. The molecule has 0 aliphatic carbocycles. The van der Waals surface area contributed by atoms with Crippen molar-refractivity contribution >= 4 is 5.82 Å². The van der Waals surface area contributed by atoms with Gasteiger partial charge in [-0.3, -0.25) is 4.90 Å². The molecular formula is C13H19F3N4. The number of nitrogens with zero attached hydrogens (tertiary/aromatic N) is 3. The molecule has 0 saturated carbocycles. The molecule has 1 aromatic rings. The zero-order chi connectivity index (χ0) is 14.8. The summed E-state index contributed by atoms with van der Waals surface area (Å²) in [5.41, 5.74) is 0. The standard InChI is InChI=1S/C13H19F3N4/c1-9(2)12-17-4-3-11(19-12)18-5-10-6-20(7-10)8-13(14,15)16/h3-4,9-10H,5-8H2,1-2H3,(H,17,18,19). The Morgan fingerprint density at radius 2 is 2.10 bits per heavy atom. The molecule has 7 heteroatoms. The molecule has 1 aliphatic rings. The first-order valence-electron chi connectivity index (χ1n) is 6.69. The van der Waals surface area contributed by atoms with Gasteiger partial charge in [-0.2, -0.15) is 13.2 Å². The van der Waals surface area contributed by atoms with E-state index in [2.05, 4.69) is 15.3 Å². The minimum absolute atomic E-state index is 0.245. The molecule has 20 heavy (non-hydrogen) atoms. The second kappa shape index (κ2) is 5.95. The number of halogens is 3. The molecule has 112 valence electrons. The van der Waals surface area contributed by atoms with Crippen molar-refractivity contribution in [2.75, 3.05) is 31.5 Å². The predicted molar refractivity (Wildman–Crippen MR) is 70.6 cm³/mol. The van der Waals surface area contributed by atoms with Crippen molar-refractivity contribution in [1.82, 2.24) is 14.9 Å². The van der Waals surface area contributed by atoms with Gasteiger partial charge >= 0.3 is 6.18 Å². The van der Waals surface area contributed by atoms with Gasteiger partial charge in [-0.1, -0.05) is 13.8 Å². The molecule has 1 aromatic heterocycles. The predicted octanol–water partition coefficient (Wildman–Crippen LogP) is 2.51. The quantitative estimate of drug-likeness (QED) is 0.904. The maximum absolute atomic E-state index is 12.2. The molecule has 1 saturated heterocycles. The molecule has 2 heterocycles. The van der Waals surface area contributed by atoms with Crippen molar-refractivity contribution in [3.8, 4) is 0 Å². The number of likely N-dealkylation sites (tertiary alicyclic amines) is 1. The summed E-state index contributed by atoms with van der Waals surface area (Å²) in [5, 5.41) is 3.17. The van der Waals surface area contributed by atoms with Crippen LogP contribution >= 0.6 is 0 Å². The van der Waals surface area contributed by atoms with Gasteiger partial charge in [0.1, 0.15) is 11.6 Å². The number of alkyl halides is 3. The average molecular weight is 288 g/mol. The topological polar surface area (TPSA) is 41.1 Å². The van der Waals surface area contributed by atoms with Gasteiger partial charge in [0.05, 0.1) is 6.54 Å². The second-order valence-corrected chi connectivity index (χ2v) is 5.51. The first-order valence-corrected chi connectivity index (χ1v) is 6.69. The molecule has 0 atom stereocenters. The van der Waals surface area contributed by atoms with Gasteiger partial charge in [0.25, 0.3) is 0 Å². The van der Waals surface area contributed by atoms with Crippen molar-refractivity contribution in [2.45, 2.75) is 25.9 Å². The lowest BCUT2D eigenvalue weighted by Gasteiger charge is -2.39. The third kappa shape index (κ3) is 4.33. The van der Waals surface area contributed by atoms with E-state index in [0.717, 1.165) is 11.6 Å². The lowest BCUT2D eigenvalue weighted by Crippen LogP contribution is -2.52. The number of hydrogen-bond acceptors (Lipinski definition) is 4. The van der Waals surface area contributed by atoms with E-state index in [4.69, 9.17) is 0 Å². The lowest BCUT2D eigenvalue weighted by molar-refractivity contribution is -0.157. The van der Waals surface area contributed by atoms with E-state index in [-0.39, 0.29) is 11.8 Å². The average Bonchev–Trinajstić information content (AvgIpc) is 2.31. The lowest BCUT2D eigenvalue weighted by atomic mass is 10.0. The summed E-state index contributed by atoms with van der Waals surface area (Å²) in [6.07, 6.45) is -2.40. The van der Waals surface area contributed by atoms with Gasteiger partial charge in [-0.15, -0.1) is 0 Å². The molecular weight excluding hydrogens is 269 g/mol. The number of aromatic nitrogens is 2. The summed E-state index contributed by atoms with van der Waals surface area (Å²) < 4.78 is 36.5. The minimum atomic E-state index is -4.10. The Morgan fingerprint density at radius 3 is 2.70 bits per heavy atom. The number of hydrogen-bond donors (Lipinski definition) is 1. The van der Waals surface area contributed by atoms with Gasteiger partial charge in [-0.05, 0) is 6.07 Å². The van der Waals surface area contributed by atoms with Crippen LogP contribution in [0.1, 0.15) is 25.6 Å². The van der Waals surface area contributed by atoms with Gasteiger partial charge in [0.15, 0.2) is 0 Å². The number of nitrogens with one attached hydrogen (secondary N) is 1. The molecule has 1 N–H and O–H groups in total. The molecule has 2 rings (SSSR count).